The monoisotopic (exact) mass is 315 g/mol. The quantitative estimate of drug-likeness (QED) is 0.911. The zero-order valence-corrected chi connectivity index (χ0v) is 12.6. The highest BCUT2D eigenvalue weighted by Crippen LogP contribution is 2.36. The van der Waals surface area contributed by atoms with Crippen LogP contribution < -0.4 is 4.90 Å². The van der Waals surface area contributed by atoms with Crippen molar-refractivity contribution in [1.29, 1.82) is 0 Å². The highest BCUT2D eigenvalue weighted by molar-refractivity contribution is 5.80. The summed E-state index contributed by atoms with van der Waals surface area (Å²) < 4.78 is 14.0. The van der Waals surface area contributed by atoms with Gasteiger partial charge in [-0.05, 0) is 35.7 Å². The van der Waals surface area contributed by atoms with Crippen molar-refractivity contribution in [2.75, 3.05) is 11.4 Å². The van der Waals surface area contributed by atoms with Crippen LogP contribution >= 0.6 is 0 Å². The van der Waals surface area contributed by atoms with Crippen LogP contribution in [0.2, 0.25) is 0 Å². The van der Waals surface area contributed by atoms with Crippen LogP contribution in [0.15, 0.2) is 42.5 Å². The van der Waals surface area contributed by atoms with Gasteiger partial charge < -0.3 is 15.1 Å². The topological polar surface area (TPSA) is 60.8 Å². The maximum absolute atomic E-state index is 14.0. The molecule has 2 aromatic carbocycles. The molecule has 0 saturated carbocycles. The molecule has 4 nitrogen and oxygen atoms in total. The number of hydrogen-bond acceptors (Lipinski definition) is 3. The number of halogens is 1. The summed E-state index contributed by atoms with van der Waals surface area (Å²) in [6.45, 7) is 0.769. The molecule has 23 heavy (non-hydrogen) atoms. The van der Waals surface area contributed by atoms with Gasteiger partial charge in [0.15, 0.2) is 0 Å². The predicted molar refractivity (Wildman–Crippen MR) is 84.8 cm³/mol. The standard InChI is InChI=1S/C18H18FNO3/c19-16-6-5-12(11-21)9-13(16)10-20-8-7-15(18(22)23)14-3-1-2-4-17(14)20/h1-6,9,15,21H,7-8,10-11H2,(H,22,23). The number of hydrogen-bond donors (Lipinski definition) is 2. The van der Waals surface area contributed by atoms with Gasteiger partial charge in [0.1, 0.15) is 5.82 Å². The number of benzene rings is 2. The number of aliphatic carboxylic acids is 1. The Hall–Kier alpha value is -2.40. The lowest BCUT2D eigenvalue weighted by molar-refractivity contribution is -0.139. The zero-order valence-electron chi connectivity index (χ0n) is 12.6. The first-order chi connectivity index (χ1) is 11.1. The van der Waals surface area contributed by atoms with E-state index in [0.717, 1.165) is 11.3 Å². The van der Waals surface area contributed by atoms with E-state index in [0.29, 0.717) is 30.6 Å². The molecule has 120 valence electrons. The van der Waals surface area contributed by atoms with Crippen molar-refractivity contribution in [3.05, 3.63) is 65.0 Å². The lowest BCUT2D eigenvalue weighted by Gasteiger charge is -2.34. The molecule has 0 saturated heterocycles. The Morgan fingerprint density at radius 1 is 1.26 bits per heavy atom. The van der Waals surface area contributed by atoms with Gasteiger partial charge in [0, 0.05) is 24.3 Å². The van der Waals surface area contributed by atoms with E-state index in [1.54, 1.807) is 12.1 Å². The molecule has 5 heteroatoms. The third kappa shape index (κ3) is 3.05. The molecule has 1 unspecified atom stereocenters. The highest BCUT2D eigenvalue weighted by atomic mass is 19.1. The molecule has 1 heterocycles. The zero-order chi connectivity index (χ0) is 16.4. The van der Waals surface area contributed by atoms with E-state index in [1.165, 1.54) is 6.07 Å². The van der Waals surface area contributed by atoms with Gasteiger partial charge in [-0.15, -0.1) is 0 Å². The fourth-order valence-electron chi connectivity index (χ4n) is 3.11. The summed E-state index contributed by atoms with van der Waals surface area (Å²) in [4.78, 5) is 13.4. The van der Waals surface area contributed by atoms with Crippen molar-refractivity contribution >= 4 is 11.7 Å². The summed E-state index contributed by atoms with van der Waals surface area (Å²) >= 11 is 0. The molecule has 0 aliphatic carbocycles. The van der Waals surface area contributed by atoms with E-state index in [1.807, 2.05) is 29.2 Å². The van der Waals surface area contributed by atoms with Crippen LogP contribution in [0.25, 0.3) is 0 Å². The number of nitrogens with zero attached hydrogens (tertiary/aromatic N) is 1. The fraction of sp³-hybridized carbons (Fsp3) is 0.278. The van der Waals surface area contributed by atoms with Crippen molar-refractivity contribution in [3.63, 3.8) is 0 Å². The second kappa shape index (κ2) is 6.38. The van der Waals surface area contributed by atoms with Crippen molar-refractivity contribution in [2.24, 2.45) is 0 Å². The molecule has 0 bridgehead atoms. The molecular formula is C18H18FNO3. The minimum Gasteiger partial charge on any atom is -0.481 e. The highest BCUT2D eigenvalue weighted by Gasteiger charge is 2.29. The first-order valence-electron chi connectivity index (χ1n) is 7.55. The first-order valence-corrected chi connectivity index (χ1v) is 7.55. The van der Waals surface area contributed by atoms with Crippen LogP contribution in [-0.4, -0.2) is 22.7 Å². The molecule has 0 amide bonds. The molecule has 3 rings (SSSR count). The Labute approximate surface area is 133 Å². The van der Waals surface area contributed by atoms with E-state index in [9.17, 15) is 19.4 Å². The summed E-state index contributed by atoms with van der Waals surface area (Å²) in [6, 6.07) is 11.9. The normalized spacial score (nSPS) is 17.0. The van der Waals surface area contributed by atoms with E-state index >= 15 is 0 Å². The van der Waals surface area contributed by atoms with Gasteiger partial charge >= 0.3 is 5.97 Å². The number of para-hydroxylation sites is 1. The molecule has 2 N–H and O–H groups in total. The van der Waals surface area contributed by atoms with Gasteiger partial charge in [-0.3, -0.25) is 4.79 Å². The second-order valence-electron chi connectivity index (χ2n) is 5.74. The smallest absolute Gasteiger partial charge is 0.311 e. The van der Waals surface area contributed by atoms with E-state index in [2.05, 4.69) is 0 Å². The third-order valence-electron chi connectivity index (χ3n) is 4.29. The molecule has 0 spiro atoms. The summed E-state index contributed by atoms with van der Waals surface area (Å²) in [7, 11) is 0. The van der Waals surface area contributed by atoms with E-state index in [4.69, 9.17) is 0 Å². The molecular weight excluding hydrogens is 297 g/mol. The summed E-state index contributed by atoms with van der Waals surface area (Å²) in [5, 5.41) is 18.6. The maximum atomic E-state index is 14.0. The Balaban J connectivity index is 1.93. The van der Waals surface area contributed by atoms with Crippen molar-refractivity contribution < 1.29 is 19.4 Å². The fourth-order valence-corrected chi connectivity index (χ4v) is 3.11. The Kier molecular flexibility index (Phi) is 4.30. The molecule has 2 aromatic rings. The Morgan fingerprint density at radius 2 is 2.04 bits per heavy atom. The molecule has 1 atom stereocenters. The predicted octanol–water partition coefficient (Wildman–Crippen LogP) is 2.90. The van der Waals surface area contributed by atoms with Crippen LogP contribution in [0.3, 0.4) is 0 Å². The lowest BCUT2D eigenvalue weighted by Crippen LogP contribution is -2.33. The number of carboxylic acids is 1. The molecule has 1 aliphatic heterocycles. The molecule has 0 fully saturated rings. The number of fused-ring (bicyclic) bond motifs is 1. The molecule has 1 aliphatic rings. The Morgan fingerprint density at radius 3 is 2.78 bits per heavy atom. The summed E-state index contributed by atoms with van der Waals surface area (Å²) in [5.41, 5.74) is 2.76. The van der Waals surface area contributed by atoms with Crippen LogP contribution in [0.1, 0.15) is 29.0 Å². The van der Waals surface area contributed by atoms with Gasteiger partial charge in [0.05, 0.1) is 12.5 Å². The second-order valence-corrected chi connectivity index (χ2v) is 5.74. The van der Waals surface area contributed by atoms with Crippen LogP contribution in [0.5, 0.6) is 0 Å². The number of aliphatic hydroxyl groups excluding tert-OH is 1. The third-order valence-corrected chi connectivity index (χ3v) is 4.29. The minimum absolute atomic E-state index is 0.134. The average Bonchev–Trinajstić information content (AvgIpc) is 2.56. The average molecular weight is 315 g/mol. The van der Waals surface area contributed by atoms with Crippen LogP contribution in [0, 0.1) is 5.82 Å². The summed E-state index contributed by atoms with van der Waals surface area (Å²) in [6.07, 6.45) is 0.494. The van der Waals surface area contributed by atoms with Crippen LogP contribution in [0.4, 0.5) is 10.1 Å². The number of rotatable bonds is 4. The van der Waals surface area contributed by atoms with Crippen LogP contribution in [-0.2, 0) is 17.9 Å². The van der Waals surface area contributed by atoms with E-state index < -0.39 is 11.9 Å². The number of aliphatic hydroxyl groups is 1. The van der Waals surface area contributed by atoms with Gasteiger partial charge in [-0.25, -0.2) is 4.39 Å². The Bertz CT molecular complexity index is 732. The molecule has 0 radical (unpaired) electrons. The number of carbonyl (C=O) groups is 1. The molecule has 0 aromatic heterocycles. The van der Waals surface area contributed by atoms with Gasteiger partial charge in [-0.2, -0.15) is 0 Å². The first kappa shape index (κ1) is 15.5. The largest absolute Gasteiger partial charge is 0.481 e. The van der Waals surface area contributed by atoms with Gasteiger partial charge in [0.25, 0.3) is 0 Å². The minimum atomic E-state index is -0.828. The number of anilines is 1. The summed E-state index contributed by atoms with van der Waals surface area (Å²) in [5.74, 6) is -1.67. The van der Waals surface area contributed by atoms with Crippen molar-refractivity contribution in [3.8, 4) is 0 Å². The van der Waals surface area contributed by atoms with Crippen molar-refractivity contribution in [1.82, 2.24) is 0 Å². The maximum Gasteiger partial charge on any atom is 0.311 e. The van der Waals surface area contributed by atoms with Crippen molar-refractivity contribution in [2.45, 2.75) is 25.5 Å². The van der Waals surface area contributed by atoms with Gasteiger partial charge in [-0.1, -0.05) is 24.3 Å². The van der Waals surface area contributed by atoms with Gasteiger partial charge in [0.2, 0.25) is 0 Å². The number of carboxylic acid groups (broad SMARTS) is 1. The lowest BCUT2D eigenvalue weighted by atomic mass is 9.89. The SMILES string of the molecule is O=C(O)C1CCN(Cc2cc(CO)ccc2F)c2ccccc21. The van der Waals surface area contributed by atoms with E-state index in [-0.39, 0.29) is 12.4 Å².